The van der Waals surface area contributed by atoms with Crippen molar-refractivity contribution in [2.75, 3.05) is 33.0 Å². The summed E-state index contributed by atoms with van der Waals surface area (Å²) in [4.78, 5) is 57.8. The van der Waals surface area contributed by atoms with E-state index in [4.69, 9.17) is 20.3 Å². The normalized spacial score (nSPS) is 11.5. The lowest BCUT2D eigenvalue weighted by molar-refractivity contribution is -0.137. The lowest BCUT2D eigenvalue weighted by Gasteiger charge is -2.15. The van der Waals surface area contributed by atoms with E-state index in [2.05, 4.69) is 10.6 Å². The molecule has 0 bridgehead atoms. The van der Waals surface area contributed by atoms with Gasteiger partial charge in [0.05, 0.1) is 13.2 Å². The highest BCUT2D eigenvalue weighted by Crippen LogP contribution is 2.05. The maximum absolute atomic E-state index is 12.1. The maximum atomic E-state index is 12.1. The van der Waals surface area contributed by atoms with Crippen LogP contribution in [0.2, 0.25) is 0 Å². The highest BCUT2D eigenvalue weighted by atomic mass is 16.5. The van der Waals surface area contributed by atoms with Gasteiger partial charge in [0, 0.05) is 38.0 Å². The Labute approximate surface area is 217 Å². The molecular formula is C26H39N3O8. The molecule has 0 fully saturated rings. The molecule has 1 atom stereocenters. The number of nitrogens with one attached hydrogen (secondary N) is 2. The minimum absolute atomic E-state index is 0.00813. The molecule has 11 heteroatoms. The Morgan fingerprint density at radius 3 is 2.24 bits per heavy atom. The van der Waals surface area contributed by atoms with Gasteiger partial charge in [-0.15, -0.1) is 0 Å². The fourth-order valence-corrected chi connectivity index (χ4v) is 3.32. The number of carboxylic acids is 1. The van der Waals surface area contributed by atoms with E-state index < -0.39 is 23.8 Å². The average Bonchev–Trinajstić information content (AvgIpc) is 2.84. The number of amides is 3. The Kier molecular flexibility index (Phi) is 16.2. The second-order valence-corrected chi connectivity index (χ2v) is 8.69. The SMILES string of the molecule is Cc1ccc(C(=O)NCCCCC(NC(=O)COCCOCCCC(=O)CCCC(=O)O)C(N)=O)cc1. The minimum atomic E-state index is -0.911. The number of aliphatic carboxylic acids is 1. The quantitative estimate of drug-likeness (QED) is 0.176. The Hall–Kier alpha value is -3.31. The summed E-state index contributed by atoms with van der Waals surface area (Å²) < 4.78 is 10.6. The molecule has 1 rings (SSSR count). The first-order valence-corrected chi connectivity index (χ1v) is 12.5. The van der Waals surface area contributed by atoms with Gasteiger partial charge in [-0.25, -0.2) is 0 Å². The zero-order chi connectivity index (χ0) is 27.5. The van der Waals surface area contributed by atoms with Crippen molar-refractivity contribution in [3.05, 3.63) is 35.4 Å². The number of hydrogen-bond donors (Lipinski definition) is 4. The van der Waals surface area contributed by atoms with E-state index in [0.29, 0.717) is 57.2 Å². The number of aryl methyl sites for hydroxylation is 1. The summed E-state index contributed by atoms with van der Waals surface area (Å²) in [5, 5.41) is 13.9. The number of benzene rings is 1. The summed E-state index contributed by atoms with van der Waals surface area (Å²) in [5.41, 5.74) is 7.04. The van der Waals surface area contributed by atoms with Gasteiger partial charge in [-0.05, 0) is 51.2 Å². The Balaban J connectivity index is 2.08. The van der Waals surface area contributed by atoms with E-state index in [1.807, 2.05) is 19.1 Å². The number of rotatable bonds is 21. The molecule has 1 unspecified atom stereocenters. The number of carbonyl (C=O) groups is 5. The first kappa shape index (κ1) is 31.7. The number of primary amides is 1. The molecular weight excluding hydrogens is 482 g/mol. The van der Waals surface area contributed by atoms with Crippen LogP contribution in [-0.4, -0.2) is 73.6 Å². The van der Waals surface area contributed by atoms with Crippen molar-refractivity contribution in [2.24, 2.45) is 5.73 Å². The van der Waals surface area contributed by atoms with Crippen LogP contribution in [0.15, 0.2) is 24.3 Å². The monoisotopic (exact) mass is 521 g/mol. The Morgan fingerprint density at radius 2 is 1.57 bits per heavy atom. The Morgan fingerprint density at radius 1 is 0.892 bits per heavy atom. The van der Waals surface area contributed by atoms with E-state index in [9.17, 15) is 24.0 Å². The topological polar surface area (TPSA) is 174 Å². The van der Waals surface area contributed by atoms with Gasteiger partial charge >= 0.3 is 5.97 Å². The molecule has 1 aromatic carbocycles. The van der Waals surface area contributed by atoms with Crippen LogP contribution < -0.4 is 16.4 Å². The van der Waals surface area contributed by atoms with Crippen LogP contribution >= 0.6 is 0 Å². The van der Waals surface area contributed by atoms with Crippen molar-refractivity contribution in [2.45, 2.75) is 64.3 Å². The summed E-state index contributed by atoms with van der Waals surface area (Å²) in [6.07, 6.45) is 2.99. The number of nitrogens with two attached hydrogens (primary N) is 1. The van der Waals surface area contributed by atoms with Crippen LogP contribution in [0, 0.1) is 6.92 Å². The van der Waals surface area contributed by atoms with Crippen molar-refractivity contribution in [1.82, 2.24) is 10.6 Å². The van der Waals surface area contributed by atoms with Gasteiger partial charge in [-0.2, -0.15) is 0 Å². The van der Waals surface area contributed by atoms with Crippen molar-refractivity contribution in [3.8, 4) is 0 Å². The number of carboxylic acid groups (broad SMARTS) is 1. The molecule has 206 valence electrons. The smallest absolute Gasteiger partial charge is 0.303 e. The van der Waals surface area contributed by atoms with Crippen LogP contribution in [0.1, 0.15) is 67.3 Å². The highest BCUT2D eigenvalue weighted by molar-refractivity contribution is 5.94. The van der Waals surface area contributed by atoms with E-state index in [1.165, 1.54) is 0 Å². The standard InChI is InChI=1S/C26H39N3O8/c1-19-10-12-20(13-11-19)26(35)28-14-3-2-8-22(25(27)34)29-23(31)18-37-17-16-36-15-5-7-21(30)6-4-9-24(32)33/h10-13,22H,2-9,14-18H2,1H3,(H2,27,34)(H,28,35)(H,29,31)(H,32,33). The van der Waals surface area contributed by atoms with E-state index in [-0.39, 0.29) is 44.4 Å². The third kappa shape index (κ3) is 16.1. The molecule has 0 spiro atoms. The molecule has 5 N–H and O–H groups in total. The van der Waals surface area contributed by atoms with E-state index in [0.717, 1.165) is 5.56 Å². The van der Waals surface area contributed by atoms with Gasteiger partial charge in [-0.3, -0.25) is 24.0 Å². The van der Waals surface area contributed by atoms with Crippen LogP contribution in [-0.2, 0) is 28.7 Å². The number of unbranched alkanes of at least 4 members (excludes halogenated alkanes) is 1. The van der Waals surface area contributed by atoms with Crippen molar-refractivity contribution in [3.63, 3.8) is 0 Å². The Bertz CT molecular complexity index is 873. The zero-order valence-electron chi connectivity index (χ0n) is 21.5. The van der Waals surface area contributed by atoms with Crippen LogP contribution in [0.3, 0.4) is 0 Å². The van der Waals surface area contributed by atoms with Gasteiger partial charge in [0.1, 0.15) is 18.4 Å². The fourth-order valence-electron chi connectivity index (χ4n) is 3.32. The van der Waals surface area contributed by atoms with Crippen molar-refractivity contribution >= 4 is 29.5 Å². The van der Waals surface area contributed by atoms with Crippen molar-refractivity contribution in [1.29, 1.82) is 0 Å². The first-order valence-electron chi connectivity index (χ1n) is 12.5. The zero-order valence-corrected chi connectivity index (χ0v) is 21.5. The van der Waals surface area contributed by atoms with E-state index in [1.54, 1.807) is 12.1 Å². The van der Waals surface area contributed by atoms with Crippen LogP contribution in [0.5, 0.6) is 0 Å². The molecule has 1 aromatic rings. The lowest BCUT2D eigenvalue weighted by Crippen LogP contribution is -2.45. The molecule has 0 radical (unpaired) electrons. The molecule has 0 aromatic heterocycles. The minimum Gasteiger partial charge on any atom is -0.481 e. The third-order valence-corrected chi connectivity index (χ3v) is 5.39. The molecule has 11 nitrogen and oxygen atoms in total. The summed E-state index contributed by atoms with van der Waals surface area (Å²) >= 11 is 0. The predicted octanol–water partition coefficient (Wildman–Crippen LogP) is 1.50. The largest absolute Gasteiger partial charge is 0.481 e. The molecule has 0 saturated heterocycles. The maximum Gasteiger partial charge on any atom is 0.303 e. The fraction of sp³-hybridized carbons (Fsp3) is 0.577. The molecule has 0 aliphatic rings. The summed E-state index contributed by atoms with van der Waals surface area (Å²) in [6.45, 7) is 2.91. The lowest BCUT2D eigenvalue weighted by atomic mass is 10.1. The van der Waals surface area contributed by atoms with Gasteiger partial charge in [0.25, 0.3) is 5.91 Å². The number of hydrogen-bond acceptors (Lipinski definition) is 7. The molecule has 0 saturated carbocycles. The van der Waals surface area contributed by atoms with E-state index >= 15 is 0 Å². The molecule has 0 aliphatic heterocycles. The second kappa shape index (κ2) is 18.9. The summed E-state index contributed by atoms with van der Waals surface area (Å²) in [5.74, 6) is -2.18. The summed E-state index contributed by atoms with van der Waals surface area (Å²) in [6, 6.07) is 6.43. The van der Waals surface area contributed by atoms with Crippen LogP contribution in [0.4, 0.5) is 0 Å². The predicted molar refractivity (Wildman–Crippen MR) is 136 cm³/mol. The third-order valence-electron chi connectivity index (χ3n) is 5.39. The molecule has 37 heavy (non-hydrogen) atoms. The number of Topliss-reactive ketones (excluding diaryl/α,β-unsaturated/α-hetero) is 1. The number of ether oxygens (including phenoxy) is 2. The van der Waals surface area contributed by atoms with Gasteiger partial charge < -0.3 is 30.9 Å². The van der Waals surface area contributed by atoms with Gasteiger partial charge in [0.15, 0.2) is 0 Å². The molecule has 0 aliphatic carbocycles. The van der Waals surface area contributed by atoms with Gasteiger partial charge in [-0.1, -0.05) is 17.7 Å². The van der Waals surface area contributed by atoms with Crippen LogP contribution in [0.25, 0.3) is 0 Å². The van der Waals surface area contributed by atoms with Crippen molar-refractivity contribution < 1.29 is 38.6 Å². The molecule has 3 amide bonds. The average molecular weight is 522 g/mol. The second-order valence-electron chi connectivity index (χ2n) is 8.69. The molecule has 0 heterocycles. The number of ketones is 1. The van der Waals surface area contributed by atoms with Gasteiger partial charge in [0.2, 0.25) is 11.8 Å². The first-order chi connectivity index (χ1) is 17.7. The highest BCUT2D eigenvalue weighted by Gasteiger charge is 2.17. The number of carbonyl (C=O) groups excluding carboxylic acids is 4. The summed E-state index contributed by atoms with van der Waals surface area (Å²) in [7, 11) is 0.